The highest BCUT2D eigenvalue weighted by Gasteiger charge is 2.14. The second-order valence-electron chi connectivity index (χ2n) is 5.57. The van der Waals surface area contributed by atoms with Crippen molar-refractivity contribution in [3.05, 3.63) is 75.1 Å². The van der Waals surface area contributed by atoms with Crippen LogP contribution >= 0.6 is 0 Å². The van der Waals surface area contributed by atoms with Crippen LogP contribution in [0.4, 0.5) is 0 Å². The second kappa shape index (κ2) is 5.72. The van der Waals surface area contributed by atoms with Crippen LogP contribution in [0.1, 0.15) is 27.0 Å². The predicted molar refractivity (Wildman–Crippen MR) is 88.1 cm³/mol. The van der Waals surface area contributed by atoms with Gasteiger partial charge < -0.3 is 9.15 Å². The zero-order valence-corrected chi connectivity index (χ0v) is 13.2. The summed E-state index contributed by atoms with van der Waals surface area (Å²) in [6.07, 6.45) is 0. The van der Waals surface area contributed by atoms with Crippen LogP contribution in [0.2, 0.25) is 0 Å². The first-order valence-corrected chi connectivity index (χ1v) is 7.28. The van der Waals surface area contributed by atoms with Gasteiger partial charge in [0.15, 0.2) is 0 Å². The number of benzene rings is 2. The Bertz CT molecular complexity index is 967. The molecule has 23 heavy (non-hydrogen) atoms. The number of esters is 1. The van der Waals surface area contributed by atoms with Crippen molar-refractivity contribution in [1.82, 2.24) is 0 Å². The molecule has 4 heteroatoms. The minimum Gasteiger partial charge on any atom is -0.423 e. The Morgan fingerprint density at radius 1 is 1.04 bits per heavy atom. The quantitative estimate of drug-likeness (QED) is 0.409. The third kappa shape index (κ3) is 2.88. The molecule has 0 spiro atoms. The molecule has 4 nitrogen and oxygen atoms in total. The summed E-state index contributed by atoms with van der Waals surface area (Å²) in [6.45, 7) is 5.52. The minimum atomic E-state index is -0.439. The van der Waals surface area contributed by atoms with E-state index in [4.69, 9.17) is 9.15 Å². The van der Waals surface area contributed by atoms with Crippen LogP contribution < -0.4 is 10.4 Å². The topological polar surface area (TPSA) is 56.5 Å². The molecule has 0 N–H and O–H groups in total. The number of hydrogen-bond acceptors (Lipinski definition) is 4. The smallest absolute Gasteiger partial charge is 0.343 e. The summed E-state index contributed by atoms with van der Waals surface area (Å²) in [4.78, 5) is 23.8. The van der Waals surface area contributed by atoms with Crippen molar-refractivity contribution in [1.29, 1.82) is 0 Å². The lowest BCUT2D eigenvalue weighted by molar-refractivity contribution is 0.0733. The molecule has 0 aliphatic heterocycles. The van der Waals surface area contributed by atoms with Crippen molar-refractivity contribution >= 4 is 16.9 Å². The van der Waals surface area contributed by atoms with E-state index in [1.165, 1.54) is 6.07 Å². The van der Waals surface area contributed by atoms with E-state index in [9.17, 15) is 9.59 Å². The number of fused-ring (bicyclic) bond motifs is 1. The molecule has 3 aromatic rings. The summed E-state index contributed by atoms with van der Waals surface area (Å²) in [5.74, 6) is -0.0519. The summed E-state index contributed by atoms with van der Waals surface area (Å²) in [7, 11) is 0. The Kier molecular flexibility index (Phi) is 3.74. The lowest BCUT2D eigenvalue weighted by atomic mass is 10.1. The molecule has 0 saturated heterocycles. The number of hydrogen-bond donors (Lipinski definition) is 0. The fourth-order valence-electron chi connectivity index (χ4n) is 2.54. The van der Waals surface area contributed by atoms with Crippen molar-refractivity contribution < 1.29 is 13.9 Å². The molecule has 1 heterocycles. The molecular formula is C19H16O4. The summed E-state index contributed by atoms with van der Waals surface area (Å²) >= 11 is 0. The first kappa shape index (κ1) is 15.0. The number of carbonyl (C=O) groups is 1. The first-order chi connectivity index (χ1) is 11.0. The first-order valence-electron chi connectivity index (χ1n) is 7.28. The Balaban J connectivity index is 2.02. The van der Waals surface area contributed by atoms with Gasteiger partial charge in [0.05, 0.1) is 5.56 Å². The highest BCUT2D eigenvalue weighted by molar-refractivity contribution is 5.92. The fraction of sp³-hybridized carbons (Fsp3) is 0.158. The third-order valence-electron chi connectivity index (χ3n) is 3.77. The zero-order chi connectivity index (χ0) is 16.6. The van der Waals surface area contributed by atoms with Crippen molar-refractivity contribution in [2.75, 3.05) is 0 Å². The van der Waals surface area contributed by atoms with E-state index in [1.54, 1.807) is 31.2 Å². The maximum absolute atomic E-state index is 12.3. The van der Waals surface area contributed by atoms with Gasteiger partial charge >= 0.3 is 11.6 Å². The van der Waals surface area contributed by atoms with Gasteiger partial charge in [-0.3, -0.25) is 0 Å². The van der Waals surface area contributed by atoms with E-state index in [2.05, 4.69) is 0 Å². The van der Waals surface area contributed by atoms with Gasteiger partial charge in [-0.25, -0.2) is 9.59 Å². The van der Waals surface area contributed by atoms with E-state index < -0.39 is 11.6 Å². The largest absolute Gasteiger partial charge is 0.423 e. The van der Waals surface area contributed by atoms with Gasteiger partial charge in [-0.05, 0) is 50.6 Å². The SMILES string of the molecule is Cc1cccc(C(=O)Oc2ccc3c(C)cc(=O)oc3c2C)c1. The number of rotatable bonds is 2. The molecule has 0 radical (unpaired) electrons. The molecule has 0 aliphatic carbocycles. The van der Waals surface area contributed by atoms with Gasteiger partial charge in [0.25, 0.3) is 0 Å². The van der Waals surface area contributed by atoms with Crippen molar-refractivity contribution in [2.24, 2.45) is 0 Å². The maximum atomic E-state index is 12.3. The maximum Gasteiger partial charge on any atom is 0.343 e. The zero-order valence-electron chi connectivity index (χ0n) is 13.2. The van der Waals surface area contributed by atoms with Crippen molar-refractivity contribution in [3.63, 3.8) is 0 Å². The van der Waals surface area contributed by atoms with E-state index in [-0.39, 0.29) is 0 Å². The molecule has 0 bridgehead atoms. The highest BCUT2D eigenvalue weighted by atomic mass is 16.5. The highest BCUT2D eigenvalue weighted by Crippen LogP contribution is 2.28. The predicted octanol–water partition coefficient (Wildman–Crippen LogP) is 3.94. The van der Waals surface area contributed by atoms with E-state index in [0.717, 1.165) is 16.5 Å². The second-order valence-corrected chi connectivity index (χ2v) is 5.57. The average Bonchev–Trinajstić information content (AvgIpc) is 2.50. The van der Waals surface area contributed by atoms with Crippen LogP contribution in [0.25, 0.3) is 11.0 Å². The monoisotopic (exact) mass is 308 g/mol. The van der Waals surface area contributed by atoms with Gasteiger partial charge in [-0.2, -0.15) is 0 Å². The van der Waals surface area contributed by atoms with Crippen molar-refractivity contribution in [2.45, 2.75) is 20.8 Å². The van der Waals surface area contributed by atoms with Crippen molar-refractivity contribution in [3.8, 4) is 5.75 Å². The molecule has 3 rings (SSSR count). The molecule has 0 unspecified atom stereocenters. The van der Waals surface area contributed by atoms with Crippen LogP contribution in [0.5, 0.6) is 5.75 Å². The number of carbonyl (C=O) groups excluding carboxylic acids is 1. The van der Waals surface area contributed by atoms with Crippen LogP contribution in [-0.4, -0.2) is 5.97 Å². The Hall–Kier alpha value is -2.88. The molecule has 0 fully saturated rings. The summed E-state index contributed by atoms with van der Waals surface area (Å²) < 4.78 is 10.7. The normalized spacial score (nSPS) is 10.7. The minimum absolute atomic E-state index is 0.387. The standard InChI is InChI=1S/C19H16O4/c1-11-5-4-6-14(9-11)19(21)22-16-8-7-15-12(2)10-17(20)23-18(15)13(16)3/h4-10H,1-3H3. The molecular weight excluding hydrogens is 292 g/mol. The number of ether oxygens (including phenoxy) is 1. The van der Waals surface area contributed by atoms with Crippen LogP contribution in [-0.2, 0) is 0 Å². The Morgan fingerprint density at radius 2 is 1.83 bits per heavy atom. The fourth-order valence-corrected chi connectivity index (χ4v) is 2.54. The summed E-state index contributed by atoms with van der Waals surface area (Å²) in [5.41, 5.74) is 2.96. The lowest BCUT2D eigenvalue weighted by Gasteiger charge is -2.10. The van der Waals surface area contributed by atoms with Gasteiger partial charge in [-0.15, -0.1) is 0 Å². The van der Waals surface area contributed by atoms with Gasteiger partial charge in [0.1, 0.15) is 11.3 Å². The Morgan fingerprint density at radius 3 is 2.57 bits per heavy atom. The molecule has 1 aromatic heterocycles. The third-order valence-corrected chi connectivity index (χ3v) is 3.77. The molecule has 0 saturated carbocycles. The molecule has 0 aliphatic rings. The van der Waals surface area contributed by atoms with Gasteiger partial charge in [-0.1, -0.05) is 17.7 Å². The summed E-state index contributed by atoms with van der Waals surface area (Å²) in [6, 6.07) is 12.1. The lowest BCUT2D eigenvalue weighted by Crippen LogP contribution is -2.10. The van der Waals surface area contributed by atoms with E-state index >= 15 is 0 Å². The van der Waals surface area contributed by atoms with E-state index in [0.29, 0.717) is 22.5 Å². The molecule has 116 valence electrons. The average molecular weight is 308 g/mol. The van der Waals surface area contributed by atoms with E-state index in [1.807, 2.05) is 26.0 Å². The van der Waals surface area contributed by atoms with Crippen LogP contribution in [0, 0.1) is 20.8 Å². The van der Waals surface area contributed by atoms with Crippen LogP contribution in [0.15, 0.2) is 51.7 Å². The molecule has 0 amide bonds. The Labute approximate surface area is 133 Å². The molecule has 0 atom stereocenters. The van der Waals surface area contributed by atoms with Crippen LogP contribution in [0.3, 0.4) is 0 Å². The molecule has 2 aromatic carbocycles. The summed E-state index contributed by atoms with van der Waals surface area (Å²) in [5, 5.41) is 0.831. The van der Waals surface area contributed by atoms with Gasteiger partial charge in [0, 0.05) is 17.0 Å². The number of aryl methyl sites for hydroxylation is 3. The van der Waals surface area contributed by atoms with Gasteiger partial charge in [0.2, 0.25) is 0 Å².